The minimum absolute atomic E-state index is 0.0517. The third-order valence-corrected chi connectivity index (χ3v) is 2.65. The zero-order valence-corrected chi connectivity index (χ0v) is 11.0. The van der Waals surface area contributed by atoms with Gasteiger partial charge in [0.15, 0.2) is 0 Å². The fourth-order valence-corrected chi connectivity index (χ4v) is 1.56. The lowest BCUT2D eigenvalue weighted by atomic mass is 10.1. The first-order valence-corrected chi connectivity index (χ1v) is 5.89. The highest BCUT2D eigenvalue weighted by Gasteiger charge is 2.13. The minimum Gasteiger partial charge on any atom is -0.496 e. The molecule has 1 amide bonds. The predicted molar refractivity (Wildman–Crippen MR) is 71.4 cm³/mol. The van der Waals surface area contributed by atoms with Crippen molar-refractivity contribution in [2.24, 2.45) is 11.7 Å². The number of methoxy groups -OCH3 is 1. The van der Waals surface area contributed by atoms with Crippen LogP contribution in [0, 0.1) is 5.92 Å². The van der Waals surface area contributed by atoms with Gasteiger partial charge in [-0.25, -0.2) is 4.79 Å². The Morgan fingerprint density at radius 3 is 2.68 bits per heavy atom. The standard InChI is InChI=1S/C13H18N2O4/c1-8(7-14)5-12(16)15-9-3-4-10(13(17)18)11(6-9)19-2/h3-4,6,8H,5,7,14H2,1-2H3,(H,15,16)(H,17,18). The van der Waals surface area contributed by atoms with Crippen molar-refractivity contribution in [1.29, 1.82) is 0 Å². The Bertz CT molecular complexity index is 474. The van der Waals surface area contributed by atoms with Gasteiger partial charge in [-0.3, -0.25) is 4.79 Å². The summed E-state index contributed by atoms with van der Waals surface area (Å²) >= 11 is 0. The Morgan fingerprint density at radius 2 is 2.16 bits per heavy atom. The topological polar surface area (TPSA) is 102 Å². The summed E-state index contributed by atoms with van der Waals surface area (Å²) < 4.78 is 4.98. The molecule has 1 rings (SSSR count). The van der Waals surface area contributed by atoms with Crippen LogP contribution >= 0.6 is 0 Å². The molecule has 0 spiro atoms. The molecule has 104 valence electrons. The van der Waals surface area contributed by atoms with E-state index in [1.54, 1.807) is 0 Å². The van der Waals surface area contributed by atoms with Crippen LogP contribution in [0.25, 0.3) is 0 Å². The number of aromatic carboxylic acids is 1. The number of nitrogens with one attached hydrogen (secondary N) is 1. The predicted octanol–water partition coefficient (Wildman–Crippen LogP) is 1.32. The molecule has 0 bridgehead atoms. The summed E-state index contributed by atoms with van der Waals surface area (Å²) in [4.78, 5) is 22.6. The van der Waals surface area contributed by atoms with Crippen molar-refractivity contribution in [3.63, 3.8) is 0 Å². The van der Waals surface area contributed by atoms with Gasteiger partial charge in [-0.15, -0.1) is 0 Å². The van der Waals surface area contributed by atoms with Crippen molar-refractivity contribution in [1.82, 2.24) is 0 Å². The van der Waals surface area contributed by atoms with Gasteiger partial charge in [0.25, 0.3) is 0 Å². The van der Waals surface area contributed by atoms with Crippen molar-refractivity contribution >= 4 is 17.6 Å². The number of carbonyl (C=O) groups is 2. The summed E-state index contributed by atoms with van der Waals surface area (Å²) in [6.45, 7) is 2.32. The Balaban J connectivity index is 2.80. The molecule has 0 saturated heterocycles. The molecular weight excluding hydrogens is 248 g/mol. The molecule has 0 aliphatic heterocycles. The highest BCUT2D eigenvalue weighted by molar-refractivity contribution is 5.94. The molecule has 0 saturated carbocycles. The molecule has 19 heavy (non-hydrogen) atoms. The van der Waals surface area contributed by atoms with Crippen molar-refractivity contribution in [3.8, 4) is 5.75 Å². The Hall–Kier alpha value is -2.08. The second-order valence-corrected chi connectivity index (χ2v) is 4.31. The highest BCUT2D eigenvalue weighted by atomic mass is 16.5. The fraction of sp³-hybridized carbons (Fsp3) is 0.385. The summed E-state index contributed by atoms with van der Waals surface area (Å²) in [7, 11) is 1.38. The number of benzene rings is 1. The number of rotatable bonds is 6. The molecule has 6 nitrogen and oxygen atoms in total. The number of carbonyl (C=O) groups excluding carboxylic acids is 1. The molecule has 0 heterocycles. The van der Waals surface area contributed by atoms with E-state index in [1.807, 2.05) is 6.92 Å². The molecule has 0 aromatic heterocycles. The van der Waals surface area contributed by atoms with Crippen LogP contribution in [0.3, 0.4) is 0 Å². The SMILES string of the molecule is COc1cc(NC(=O)CC(C)CN)ccc1C(=O)O. The van der Waals surface area contributed by atoms with Crippen LogP contribution < -0.4 is 15.8 Å². The zero-order chi connectivity index (χ0) is 14.4. The summed E-state index contributed by atoms with van der Waals surface area (Å²) in [5, 5.41) is 11.6. The quantitative estimate of drug-likeness (QED) is 0.720. The Labute approximate surface area is 111 Å². The van der Waals surface area contributed by atoms with E-state index < -0.39 is 5.97 Å². The average molecular weight is 266 g/mol. The first kappa shape index (κ1) is 15.0. The molecule has 0 aliphatic carbocycles. The molecule has 6 heteroatoms. The monoisotopic (exact) mass is 266 g/mol. The number of anilines is 1. The molecular formula is C13H18N2O4. The summed E-state index contributed by atoms with van der Waals surface area (Å²) in [5.41, 5.74) is 6.00. The van der Waals surface area contributed by atoms with Crippen LogP contribution in [-0.4, -0.2) is 30.6 Å². The number of carboxylic acid groups (broad SMARTS) is 1. The van der Waals surface area contributed by atoms with E-state index in [0.29, 0.717) is 18.7 Å². The molecule has 0 fully saturated rings. The summed E-state index contributed by atoms with van der Waals surface area (Å²) in [5.74, 6) is -0.938. The zero-order valence-electron chi connectivity index (χ0n) is 11.0. The van der Waals surface area contributed by atoms with Crippen molar-refractivity contribution in [3.05, 3.63) is 23.8 Å². The smallest absolute Gasteiger partial charge is 0.339 e. The lowest BCUT2D eigenvalue weighted by molar-refractivity contribution is -0.116. The van der Waals surface area contributed by atoms with Gasteiger partial charge in [0.1, 0.15) is 11.3 Å². The van der Waals surface area contributed by atoms with Crippen LogP contribution in [0.1, 0.15) is 23.7 Å². The first-order valence-electron chi connectivity index (χ1n) is 5.89. The van der Waals surface area contributed by atoms with Gasteiger partial charge >= 0.3 is 5.97 Å². The van der Waals surface area contributed by atoms with Crippen molar-refractivity contribution in [2.75, 3.05) is 19.0 Å². The molecule has 1 unspecified atom stereocenters. The molecule has 0 aliphatic rings. The fourth-order valence-electron chi connectivity index (χ4n) is 1.56. The van der Waals surface area contributed by atoms with E-state index in [2.05, 4.69) is 5.32 Å². The average Bonchev–Trinajstić information content (AvgIpc) is 2.37. The number of nitrogens with two attached hydrogens (primary N) is 1. The maximum Gasteiger partial charge on any atom is 0.339 e. The lowest BCUT2D eigenvalue weighted by Crippen LogP contribution is -2.20. The van der Waals surface area contributed by atoms with Crippen LogP contribution in [0.2, 0.25) is 0 Å². The third kappa shape index (κ3) is 4.26. The summed E-state index contributed by atoms with van der Waals surface area (Å²) in [6.07, 6.45) is 0.319. The van der Waals surface area contributed by atoms with Gasteiger partial charge < -0.3 is 20.9 Å². The second-order valence-electron chi connectivity index (χ2n) is 4.31. The Morgan fingerprint density at radius 1 is 1.47 bits per heavy atom. The number of carboxylic acids is 1. The Kier molecular flexibility index (Phi) is 5.32. The number of amides is 1. The van der Waals surface area contributed by atoms with E-state index in [1.165, 1.54) is 25.3 Å². The maximum absolute atomic E-state index is 11.7. The minimum atomic E-state index is -1.08. The van der Waals surface area contributed by atoms with Gasteiger partial charge in [-0.2, -0.15) is 0 Å². The van der Waals surface area contributed by atoms with Crippen molar-refractivity contribution < 1.29 is 19.4 Å². The van der Waals surface area contributed by atoms with Crippen molar-refractivity contribution in [2.45, 2.75) is 13.3 Å². The van der Waals surface area contributed by atoms with E-state index in [4.69, 9.17) is 15.6 Å². The lowest BCUT2D eigenvalue weighted by Gasteiger charge is -2.11. The van der Waals surface area contributed by atoms with Crippen LogP contribution in [0.5, 0.6) is 5.75 Å². The summed E-state index contributed by atoms with van der Waals surface area (Å²) in [6, 6.07) is 4.40. The van der Waals surface area contributed by atoms with E-state index in [0.717, 1.165) is 0 Å². The normalized spacial score (nSPS) is 11.7. The molecule has 4 N–H and O–H groups in total. The number of ether oxygens (including phenoxy) is 1. The third-order valence-electron chi connectivity index (χ3n) is 2.65. The number of hydrogen-bond donors (Lipinski definition) is 3. The van der Waals surface area contributed by atoms with Crippen LogP contribution in [-0.2, 0) is 4.79 Å². The van der Waals surface area contributed by atoms with Gasteiger partial charge in [0, 0.05) is 18.2 Å². The maximum atomic E-state index is 11.7. The second kappa shape index (κ2) is 6.75. The van der Waals surface area contributed by atoms with Crippen LogP contribution in [0.15, 0.2) is 18.2 Å². The molecule has 0 radical (unpaired) electrons. The molecule has 1 aromatic rings. The van der Waals surface area contributed by atoms with E-state index in [-0.39, 0.29) is 23.1 Å². The van der Waals surface area contributed by atoms with Gasteiger partial charge in [0.2, 0.25) is 5.91 Å². The highest BCUT2D eigenvalue weighted by Crippen LogP contribution is 2.23. The van der Waals surface area contributed by atoms with Crippen LogP contribution in [0.4, 0.5) is 5.69 Å². The number of hydrogen-bond acceptors (Lipinski definition) is 4. The van der Waals surface area contributed by atoms with E-state index in [9.17, 15) is 9.59 Å². The van der Waals surface area contributed by atoms with Gasteiger partial charge in [0.05, 0.1) is 7.11 Å². The van der Waals surface area contributed by atoms with Gasteiger partial charge in [-0.05, 0) is 24.6 Å². The molecule has 1 atom stereocenters. The van der Waals surface area contributed by atoms with E-state index >= 15 is 0 Å². The van der Waals surface area contributed by atoms with Gasteiger partial charge in [-0.1, -0.05) is 6.92 Å². The molecule has 1 aromatic carbocycles. The first-order chi connectivity index (χ1) is 8.97. The largest absolute Gasteiger partial charge is 0.496 e.